The van der Waals surface area contributed by atoms with E-state index in [2.05, 4.69) is 5.16 Å². The summed E-state index contributed by atoms with van der Waals surface area (Å²) in [5.41, 5.74) is 0.563. The maximum absolute atomic E-state index is 8.72. The third kappa shape index (κ3) is 2.18. The van der Waals surface area contributed by atoms with Crippen molar-refractivity contribution in [2.75, 3.05) is 14.2 Å². The van der Waals surface area contributed by atoms with Crippen LogP contribution in [-0.4, -0.2) is 43.6 Å². The maximum Gasteiger partial charge on any atom is 0.163 e. The molecule has 1 aliphatic heterocycles. The summed E-state index contributed by atoms with van der Waals surface area (Å²) in [7, 11) is 3.11. The molecule has 3 unspecified atom stereocenters. The summed E-state index contributed by atoms with van der Waals surface area (Å²) in [6, 6.07) is 0. The summed E-state index contributed by atoms with van der Waals surface area (Å²) in [6.07, 6.45) is -0.339. The second-order valence-electron chi connectivity index (χ2n) is 2.96. The van der Waals surface area contributed by atoms with E-state index in [4.69, 9.17) is 19.4 Å². The van der Waals surface area contributed by atoms with Crippen LogP contribution in [-0.2, 0) is 14.2 Å². The monoisotopic (exact) mass is 189 g/mol. The van der Waals surface area contributed by atoms with Crippen molar-refractivity contribution in [3.63, 3.8) is 0 Å². The Labute approximate surface area is 77.3 Å². The molecule has 0 amide bonds. The van der Waals surface area contributed by atoms with Crippen LogP contribution in [0.4, 0.5) is 0 Å². The minimum absolute atomic E-state index is 0.158. The molecule has 1 aliphatic rings. The fraction of sp³-hybridized carbons (Fsp3) is 0.875. The molecular weight excluding hydrogens is 174 g/mol. The number of ether oxygens (including phenoxy) is 3. The minimum atomic E-state index is -0.340. The molecule has 1 saturated heterocycles. The molecule has 0 aromatic carbocycles. The fourth-order valence-corrected chi connectivity index (χ4v) is 1.48. The van der Waals surface area contributed by atoms with Crippen molar-refractivity contribution in [2.24, 2.45) is 5.16 Å². The number of rotatable bonds is 2. The summed E-state index contributed by atoms with van der Waals surface area (Å²) in [5, 5.41) is 11.9. The van der Waals surface area contributed by atoms with Crippen LogP contribution in [0.1, 0.15) is 13.3 Å². The molecule has 0 radical (unpaired) electrons. The van der Waals surface area contributed by atoms with Gasteiger partial charge in [0.2, 0.25) is 0 Å². The highest BCUT2D eigenvalue weighted by molar-refractivity contribution is 5.89. The average molecular weight is 189 g/mol. The van der Waals surface area contributed by atoms with E-state index in [0.717, 1.165) is 0 Å². The lowest BCUT2D eigenvalue weighted by Gasteiger charge is -2.33. The molecule has 0 saturated carbocycles. The number of hydrogen-bond donors (Lipinski definition) is 1. The Morgan fingerprint density at radius 1 is 1.46 bits per heavy atom. The predicted octanol–water partition coefficient (Wildman–Crippen LogP) is 0.613. The zero-order chi connectivity index (χ0) is 9.84. The zero-order valence-corrected chi connectivity index (χ0v) is 8.06. The van der Waals surface area contributed by atoms with Gasteiger partial charge >= 0.3 is 0 Å². The van der Waals surface area contributed by atoms with Crippen LogP contribution in [0.5, 0.6) is 0 Å². The minimum Gasteiger partial charge on any atom is -0.411 e. The van der Waals surface area contributed by atoms with Crippen molar-refractivity contribution < 1.29 is 19.4 Å². The lowest BCUT2D eigenvalue weighted by atomic mass is 10.0. The van der Waals surface area contributed by atoms with Gasteiger partial charge in [0, 0.05) is 20.6 Å². The van der Waals surface area contributed by atoms with Crippen molar-refractivity contribution in [1.82, 2.24) is 0 Å². The lowest BCUT2D eigenvalue weighted by molar-refractivity contribution is -0.179. The first-order valence-corrected chi connectivity index (χ1v) is 4.14. The molecule has 5 heteroatoms. The van der Waals surface area contributed by atoms with Gasteiger partial charge in [0.1, 0.15) is 6.10 Å². The van der Waals surface area contributed by atoms with Crippen LogP contribution in [0.3, 0.4) is 0 Å². The fourth-order valence-electron chi connectivity index (χ4n) is 1.48. The number of hydrogen-bond acceptors (Lipinski definition) is 5. The number of oxime groups is 1. The van der Waals surface area contributed by atoms with E-state index < -0.39 is 0 Å². The molecule has 1 rings (SSSR count). The Morgan fingerprint density at radius 3 is 2.62 bits per heavy atom. The first-order valence-electron chi connectivity index (χ1n) is 4.14. The van der Waals surface area contributed by atoms with Gasteiger partial charge in [-0.1, -0.05) is 5.16 Å². The molecule has 5 nitrogen and oxygen atoms in total. The predicted molar refractivity (Wildman–Crippen MR) is 46.0 cm³/mol. The standard InChI is InChI=1S/C8H15NO4/c1-5-8(12-3)6(9-10)4-7(11-2)13-5/h5,7-8,10H,4H2,1-3H3/b9-6-. The topological polar surface area (TPSA) is 60.3 Å². The first-order chi connectivity index (χ1) is 6.22. The molecule has 13 heavy (non-hydrogen) atoms. The van der Waals surface area contributed by atoms with Gasteiger partial charge in [-0.2, -0.15) is 0 Å². The third-order valence-electron chi connectivity index (χ3n) is 2.14. The van der Waals surface area contributed by atoms with Gasteiger partial charge in [0.05, 0.1) is 11.8 Å². The molecule has 1 fully saturated rings. The Balaban J connectivity index is 2.69. The van der Waals surface area contributed by atoms with Gasteiger partial charge in [-0.3, -0.25) is 0 Å². The van der Waals surface area contributed by atoms with E-state index in [1.165, 1.54) is 0 Å². The normalized spacial score (nSPS) is 38.1. The van der Waals surface area contributed by atoms with Crippen LogP contribution in [0, 0.1) is 0 Å². The molecule has 1 heterocycles. The molecule has 1 N–H and O–H groups in total. The van der Waals surface area contributed by atoms with E-state index in [-0.39, 0.29) is 18.5 Å². The number of nitrogens with zero attached hydrogens (tertiary/aromatic N) is 1. The van der Waals surface area contributed by atoms with Crippen molar-refractivity contribution in [3.05, 3.63) is 0 Å². The zero-order valence-electron chi connectivity index (χ0n) is 8.06. The van der Waals surface area contributed by atoms with Gasteiger partial charge in [0.25, 0.3) is 0 Å². The summed E-state index contributed by atoms with van der Waals surface area (Å²) >= 11 is 0. The maximum atomic E-state index is 8.72. The Kier molecular flexibility index (Phi) is 3.65. The largest absolute Gasteiger partial charge is 0.411 e. The van der Waals surface area contributed by atoms with Crippen LogP contribution in [0.25, 0.3) is 0 Å². The third-order valence-corrected chi connectivity index (χ3v) is 2.14. The van der Waals surface area contributed by atoms with E-state index in [0.29, 0.717) is 12.1 Å². The van der Waals surface area contributed by atoms with Crippen molar-refractivity contribution in [3.8, 4) is 0 Å². The Bertz CT molecular complexity index is 195. The smallest absolute Gasteiger partial charge is 0.163 e. The molecular formula is C8H15NO4. The molecule has 0 spiro atoms. The van der Waals surface area contributed by atoms with Crippen molar-refractivity contribution in [1.29, 1.82) is 0 Å². The van der Waals surface area contributed by atoms with Crippen LogP contribution in [0.15, 0.2) is 5.16 Å². The lowest BCUT2D eigenvalue weighted by Crippen LogP contribution is -2.45. The van der Waals surface area contributed by atoms with Crippen LogP contribution >= 0.6 is 0 Å². The van der Waals surface area contributed by atoms with Crippen LogP contribution < -0.4 is 0 Å². The Morgan fingerprint density at radius 2 is 2.15 bits per heavy atom. The average Bonchev–Trinajstić information content (AvgIpc) is 2.16. The van der Waals surface area contributed by atoms with E-state index in [9.17, 15) is 0 Å². The van der Waals surface area contributed by atoms with Gasteiger partial charge in [-0.25, -0.2) is 0 Å². The summed E-state index contributed by atoms with van der Waals surface area (Å²) in [4.78, 5) is 0. The molecule has 0 aliphatic carbocycles. The highest BCUT2D eigenvalue weighted by atomic mass is 16.7. The van der Waals surface area contributed by atoms with Crippen molar-refractivity contribution in [2.45, 2.75) is 31.8 Å². The van der Waals surface area contributed by atoms with Crippen LogP contribution in [0.2, 0.25) is 0 Å². The Hall–Kier alpha value is -0.650. The van der Waals surface area contributed by atoms with Gasteiger partial charge in [0.15, 0.2) is 6.29 Å². The quantitative estimate of drug-likeness (QED) is 0.510. The van der Waals surface area contributed by atoms with E-state index in [1.807, 2.05) is 6.92 Å². The SMILES string of the molecule is COC1C/C(=N/O)C(OC)C(C)O1. The first kappa shape index (κ1) is 10.4. The molecule has 3 atom stereocenters. The van der Waals surface area contributed by atoms with Gasteiger partial charge < -0.3 is 19.4 Å². The second kappa shape index (κ2) is 4.55. The molecule has 0 aromatic rings. The summed E-state index contributed by atoms with van der Waals surface area (Å²) < 4.78 is 15.6. The summed E-state index contributed by atoms with van der Waals surface area (Å²) in [5.74, 6) is 0. The molecule has 76 valence electrons. The highest BCUT2D eigenvalue weighted by Crippen LogP contribution is 2.19. The number of methoxy groups -OCH3 is 2. The van der Waals surface area contributed by atoms with E-state index >= 15 is 0 Å². The van der Waals surface area contributed by atoms with Gasteiger partial charge in [-0.15, -0.1) is 0 Å². The van der Waals surface area contributed by atoms with E-state index in [1.54, 1.807) is 14.2 Å². The van der Waals surface area contributed by atoms with Gasteiger partial charge in [-0.05, 0) is 6.92 Å². The summed E-state index contributed by atoms with van der Waals surface area (Å²) in [6.45, 7) is 1.85. The molecule has 0 aromatic heterocycles. The second-order valence-corrected chi connectivity index (χ2v) is 2.96. The molecule has 0 bridgehead atoms. The highest BCUT2D eigenvalue weighted by Gasteiger charge is 2.33. The van der Waals surface area contributed by atoms with Crippen molar-refractivity contribution >= 4 is 5.71 Å².